The van der Waals surface area contributed by atoms with Gasteiger partial charge in [0.05, 0.1) is 24.4 Å². The van der Waals surface area contributed by atoms with Crippen molar-refractivity contribution >= 4 is 33.6 Å². The number of hydrogen-bond donors (Lipinski definition) is 3. The van der Waals surface area contributed by atoms with Gasteiger partial charge in [0.25, 0.3) is 15.9 Å². The maximum absolute atomic E-state index is 13.2. The van der Waals surface area contributed by atoms with Gasteiger partial charge < -0.3 is 15.4 Å². The zero-order valence-corrected chi connectivity index (χ0v) is 18.5. The molecule has 0 aromatic heterocycles. The Kier molecular flexibility index (Phi) is 3.99. The number of carbonyl (C=O) groups excluding carboxylic acids is 2. The Bertz CT molecular complexity index is 1720. The van der Waals surface area contributed by atoms with Crippen LogP contribution in [-0.4, -0.2) is 40.0 Å². The van der Waals surface area contributed by atoms with Crippen LogP contribution in [0.25, 0.3) is 0 Å². The highest BCUT2D eigenvalue weighted by molar-refractivity contribution is 7.90. The van der Waals surface area contributed by atoms with Crippen molar-refractivity contribution in [2.24, 2.45) is 0 Å². The summed E-state index contributed by atoms with van der Waals surface area (Å²) in [5.74, 6) is -0.493. The van der Waals surface area contributed by atoms with Crippen molar-refractivity contribution in [2.75, 3.05) is 13.7 Å². The van der Waals surface area contributed by atoms with Crippen molar-refractivity contribution in [1.82, 2.24) is 15.4 Å². The smallest absolute Gasteiger partial charge is 0.328 e. The number of amides is 3. The van der Waals surface area contributed by atoms with Gasteiger partial charge in [-0.25, -0.2) is 17.9 Å². The molecule has 0 aliphatic heterocycles. The first-order chi connectivity index (χ1) is 21.6. The molecule has 1 fully saturated rings. The molecule has 3 amide bonds. The third-order valence-corrected chi connectivity index (χ3v) is 5.39. The monoisotopic (exact) mass is 508 g/mol. The summed E-state index contributed by atoms with van der Waals surface area (Å²) in [6.45, 7) is -0.271. The van der Waals surface area contributed by atoms with E-state index in [2.05, 4.69) is 5.32 Å². The Hall–Kier alpha value is -2.78. The second-order valence-corrected chi connectivity index (χ2v) is 8.27. The molecule has 8 nitrogen and oxygen atoms in total. The molecule has 1 aliphatic carbocycles. The fraction of sp³-hybridized carbons (Fsp3) is 0.391. The minimum absolute atomic E-state index is 0.0465. The third kappa shape index (κ3) is 7.10. The lowest BCUT2D eigenvalue weighted by Gasteiger charge is -2.22. The van der Waals surface area contributed by atoms with E-state index in [1.165, 1.54) is 35.3 Å². The Morgan fingerprint density at radius 1 is 1.21 bits per heavy atom. The second kappa shape index (κ2) is 11.4. The molecule has 178 valence electrons. The van der Waals surface area contributed by atoms with Gasteiger partial charge in [-0.1, -0.05) is 42.8 Å². The van der Waals surface area contributed by atoms with Crippen molar-refractivity contribution in [3.63, 3.8) is 0 Å². The Labute approximate surface area is 220 Å². The highest BCUT2D eigenvalue weighted by Gasteiger charge is 2.21. The van der Waals surface area contributed by atoms with Crippen LogP contribution in [-0.2, 0) is 16.4 Å². The first-order valence-corrected chi connectivity index (χ1v) is 11.0. The predicted molar refractivity (Wildman–Crippen MR) is 126 cm³/mol. The lowest BCUT2D eigenvalue weighted by Crippen LogP contribution is -2.45. The van der Waals surface area contributed by atoms with Gasteiger partial charge in [-0.2, -0.15) is 0 Å². The Balaban J connectivity index is 1.91. The largest absolute Gasteiger partial charge is 0.496 e. The van der Waals surface area contributed by atoms with Crippen LogP contribution < -0.4 is 20.1 Å². The minimum atomic E-state index is -5.46. The molecule has 1 saturated carbocycles. The topological polar surface area (TPSA) is 114 Å². The summed E-state index contributed by atoms with van der Waals surface area (Å²) in [6.07, 6.45) is -20.3. The number of sulfonamides is 1. The van der Waals surface area contributed by atoms with Crippen LogP contribution in [0.5, 0.6) is 5.75 Å². The number of nitrogens with one attached hydrogen (secondary N) is 3. The molecule has 3 N–H and O–H groups in total. The lowest BCUT2D eigenvalue weighted by atomic mass is 9.96. The normalized spacial score (nSPS) is 29.6. The van der Waals surface area contributed by atoms with Crippen molar-refractivity contribution < 1.29 is 43.3 Å². The molecule has 3 rings (SSSR count). The molecule has 1 aliphatic rings. The molecule has 0 unspecified atom stereocenters. The van der Waals surface area contributed by atoms with Crippen LogP contribution in [0.15, 0.2) is 47.3 Å². The zero-order valence-electron chi connectivity index (χ0n) is 32.0. The molecule has 10 heteroatoms. The van der Waals surface area contributed by atoms with Gasteiger partial charge in [-0.15, -0.1) is 0 Å². The SMILES string of the molecule is [2H]c1c([2H])c(S(=O)(=O)NC(=O)NC2([2H])C([2H])([2H])C([2H])([2H])C([2H])([2H])C([2H])([2H])C2([2H])[2H])c([2H])c([2H])c1CCNC(=O)c1cc(Cl)ccc1OC. The van der Waals surface area contributed by atoms with Gasteiger partial charge in [-0.05, 0) is 55.0 Å². The Morgan fingerprint density at radius 3 is 2.58 bits per heavy atom. The second-order valence-electron chi connectivity index (χ2n) is 6.22. The zero-order chi connectivity index (χ0) is 37.2. The number of carbonyl (C=O) groups is 2. The summed E-state index contributed by atoms with van der Waals surface area (Å²) >= 11 is 5.93. The molecule has 0 saturated heterocycles. The summed E-state index contributed by atoms with van der Waals surface area (Å²) in [6, 6.07) is -6.14. The first-order valence-electron chi connectivity index (χ1n) is 16.6. The maximum Gasteiger partial charge on any atom is 0.328 e. The number of rotatable bonds is 8. The number of methoxy groups -OCH3 is 1. The van der Waals surface area contributed by atoms with Crippen LogP contribution >= 0.6 is 11.6 Å². The quantitative estimate of drug-likeness (QED) is 0.503. The predicted octanol–water partition coefficient (Wildman–Crippen LogP) is 3.64. The Morgan fingerprint density at radius 2 is 1.91 bits per heavy atom. The molecule has 33 heavy (non-hydrogen) atoms. The average molecular weight is 509 g/mol. The molecular weight excluding hydrogens is 466 g/mol. The van der Waals surface area contributed by atoms with Gasteiger partial charge >= 0.3 is 6.03 Å². The van der Waals surface area contributed by atoms with E-state index in [1.807, 2.05) is 0 Å². The number of ether oxygens (including phenoxy) is 1. The lowest BCUT2D eigenvalue weighted by molar-refractivity contribution is 0.0951. The molecule has 2 aromatic rings. The van der Waals surface area contributed by atoms with Crippen LogP contribution in [0.2, 0.25) is 5.02 Å². The summed E-state index contributed by atoms with van der Waals surface area (Å²) in [5.41, 5.74) is -0.301. The summed E-state index contributed by atoms with van der Waals surface area (Å²) in [5, 5.41) is 3.96. The molecule has 0 heterocycles. The van der Waals surface area contributed by atoms with Crippen molar-refractivity contribution in [2.45, 2.75) is 49.2 Å². The summed E-state index contributed by atoms with van der Waals surface area (Å²) < 4.78 is 154. The molecule has 0 radical (unpaired) electrons. The minimum Gasteiger partial charge on any atom is -0.496 e. The molecular formula is C23H28ClN3O5S. The van der Waals surface area contributed by atoms with E-state index in [0.29, 0.717) is 0 Å². The van der Waals surface area contributed by atoms with Crippen LogP contribution in [0.4, 0.5) is 4.79 Å². The number of hydrogen-bond acceptors (Lipinski definition) is 5. The van der Waals surface area contributed by atoms with E-state index in [9.17, 15) is 18.0 Å². The number of urea groups is 1. The molecule has 0 atom stereocenters. The fourth-order valence-electron chi connectivity index (χ4n) is 2.46. The summed E-state index contributed by atoms with van der Waals surface area (Å²) in [7, 11) is -4.14. The van der Waals surface area contributed by atoms with Gasteiger partial charge in [0.15, 0.2) is 0 Å². The van der Waals surface area contributed by atoms with E-state index < -0.39 is 88.9 Å². The fourth-order valence-corrected chi connectivity index (χ4v) is 3.40. The van der Waals surface area contributed by atoms with E-state index in [1.54, 1.807) is 0 Å². The van der Waals surface area contributed by atoms with E-state index in [0.717, 1.165) is 0 Å². The van der Waals surface area contributed by atoms with Crippen LogP contribution in [0.1, 0.15) is 68.3 Å². The van der Waals surface area contributed by atoms with Crippen molar-refractivity contribution in [3.8, 4) is 5.75 Å². The number of halogens is 1. The maximum atomic E-state index is 13.2. The van der Waals surface area contributed by atoms with Gasteiger partial charge in [0, 0.05) is 31.3 Å². The highest BCUT2D eigenvalue weighted by atomic mass is 35.5. The van der Waals surface area contributed by atoms with E-state index in [4.69, 9.17) is 36.9 Å². The van der Waals surface area contributed by atoms with Crippen LogP contribution in [0, 0.1) is 0 Å². The molecule has 2 aromatic carbocycles. The standard InChI is InChI=1S/C23H28ClN3O5S/c1-32-21-12-9-17(24)15-20(21)22(28)25-14-13-16-7-10-19(11-8-16)33(30,31)27-23(29)26-18-5-3-2-4-6-18/h7-12,15,18H,2-6,13-14H2,1H3,(H,25,28)(H2,26,27,29)/i2D2,3D2,4D2,5D2,6D2,7D,8D,10D,11D,18D. The third-order valence-electron chi connectivity index (χ3n) is 3.95. The van der Waals surface area contributed by atoms with E-state index in [-0.39, 0.29) is 34.9 Å². The van der Waals surface area contributed by atoms with Crippen molar-refractivity contribution in [3.05, 3.63) is 58.5 Å². The highest BCUT2D eigenvalue weighted by Crippen LogP contribution is 2.22. The van der Waals surface area contributed by atoms with Crippen LogP contribution in [0.3, 0.4) is 0 Å². The number of benzene rings is 2. The van der Waals surface area contributed by atoms with E-state index >= 15 is 0 Å². The van der Waals surface area contributed by atoms with Gasteiger partial charge in [0.2, 0.25) is 0 Å². The average Bonchev–Trinajstić information content (AvgIpc) is 2.96. The van der Waals surface area contributed by atoms with Gasteiger partial charge in [-0.3, -0.25) is 4.79 Å². The molecule has 0 bridgehead atoms. The molecule has 0 spiro atoms. The first kappa shape index (κ1) is 11.6. The summed E-state index contributed by atoms with van der Waals surface area (Å²) in [4.78, 5) is 24.1. The van der Waals surface area contributed by atoms with Crippen molar-refractivity contribution in [1.29, 1.82) is 0 Å². The van der Waals surface area contributed by atoms with Gasteiger partial charge in [0.1, 0.15) is 5.75 Å².